The standard InChI is InChI=1S/C13H22O4/c1-3-5-6-7-11-17-13(15)9-8-12(14)16-10-4-2/h5-6H,3-4,7-11H2,1-2H3/b6-5+. The van der Waals surface area contributed by atoms with Crippen LogP contribution in [-0.2, 0) is 19.1 Å². The van der Waals surface area contributed by atoms with Crippen LogP contribution in [0.1, 0.15) is 46.0 Å². The topological polar surface area (TPSA) is 52.6 Å². The molecule has 0 radical (unpaired) electrons. The first kappa shape index (κ1) is 15.7. The van der Waals surface area contributed by atoms with Gasteiger partial charge < -0.3 is 9.47 Å². The van der Waals surface area contributed by atoms with Crippen molar-refractivity contribution in [3.63, 3.8) is 0 Å². The highest BCUT2D eigenvalue weighted by molar-refractivity contribution is 5.77. The Hall–Kier alpha value is -1.32. The van der Waals surface area contributed by atoms with Gasteiger partial charge in [-0.15, -0.1) is 0 Å². The normalized spacial score (nSPS) is 10.5. The number of ether oxygens (including phenoxy) is 2. The molecule has 0 aromatic rings. The third kappa shape index (κ3) is 11.0. The van der Waals surface area contributed by atoms with Crippen LogP contribution < -0.4 is 0 Å². The summed E-state index contributed by atoms with van der Waals surface area (Å²) in [6, 6.07) is 0. The summed E-state index contributed by atoms with van der Waals surface area (Å²) in [5.74, 6) is -0.682. The van der Waals surface area contributed by atoms with Gasteiger partial charge in [-0.3, -0.25) is 9.59 Å². The second-order valence-electron chi connectivity index (χ2n) is 3.61. The zero-order valence-corrected chi connectivity index (χ0v) is 10.7. The SMILES string of the molecule is CC/C=C/CCOC(=O)CCC(=O)OCCC. The van der Waals surface area contributed by atoms with Gasteiger partial charge in [0.25, 0.3) is 0 Å². The molecular weight excluding hydrogens is 220 g/mol. The third-order valence-electron chi connectivity index (χ3n) is 1.95. The second kappa shape index (κ2) is 11.2. The molecular formula is C13H22O4. The fraction of sp³-hybridized carbons (Fsp3) is 0.692. The molecule has 17 heavy (non-hydrogen) atoms. The zero-order valence-electron chi connectivity index (χ0n) is 10.7. The Morgan fingerprint density at radius 3 is 2.06 bits per heavy atom. The van der Waals surface area contributed by atoms with E-state index < -0.39 is 0 Å². The second-order valence-corrected chi connectivity index (χ2v) is 3.61. The zero-order chi connectivity index (χ0) is 12.9. The highest BCUT2D eigenvalue weighted by Crippen LogP contribution is 1.98. The molecule has 0 aliphatic carbocycles. The Morgan fingerprint density at radius 2 is 1.53 bits per heavy atom. The van der Waals surface area contributed by atoms with Crippen LogP contribution in [0, 0.1) is 0 Å². The first-order valence-corrected chi connectivity index (χ1v) is 6.16. The van der Waals surface area contributed by atoms with Crippen LogP contribution in [-0.4, -0.2) is 25.2 Å². The maximum atomic E-state index is 11.2. The van der Waals surface area contributed by atoms with E-state index in [2.05, 4.69) is 0 Å². The fourth-order valence-electron chi connectivity index (χ4n) is 1.09. The predicted molar refractivity (Wildman–Crippen MR) is 65.5 cm³/mol. The van der Waals surface area contributed by atoms with Crippen LogP contribution in [0.4, 0.5) is 0 Å². The molecule has 0 saturated heterocycles. The average molecular weight is 242 g/mol. The lowest BCUT2D eigenvalue weighted by atomic mass is 10.3. The largest absolute Gasteiger partial charge is 0.466 e. The summed E-state index contributed by atoms with van der Waals surface area (Å²) in [6.07, 6.45) is 6.69. The van der Waals surface area contributed by atoms with Crippen molar-refractivity contribution in [3.8, 4) is 0 Å². The lowest BCUT2D eigenvalue weighted by Gasteiger charge is -2.03. The summed E-state index contributed by atoms with van der Waals surface area (Å²) in [5, 5.41) is 0. The van der Waals surface area contributed by atoms with Crippen molar-refractivity contribution in [3.05, 3.63) is 12.2 Å². The van der Waals surface area contributed by atoms with Gasteiger partial charge in [0.05, 0.1) is 26.1 Å². The van der Waals surface area contributed by atoms with Gasteiger partial charge in [0.15, 0.2) is 0 Å². The molecule has 0 saturated carbocycles. The van der Waals surface area contributed by atoms with Crippen molar-refractivity contribution in [2.24, 2.45) is 0 Å². The molecule has 0 aromatic carbocycles. The number of hydrogen-bond donors (Lipinski definition) is 0. The van der Waals surface area contributed by atoms with E-state index in [9.17, 15) is 9.59 Å². The molecule has 0 amide bonds. The summed E-state index contributed by atoms with van der Waals surface area (Å²) < 4.78 is 9.79. The monoisotopic (exact) mass is 242 g/mol. The van der Waals surface area contributed by atoms with Gasteiger partial charge >= 0.3 is 11.9 Å². The van der Waals surface area contributed by atoms with E-state index in [1.54, 1.807) is 0 Å². The minimum atomic E-state index is -0.344. The van der Waals surface area contributed by atoms with E-state index in [1.165, 1.54) is 0 Å². The number of hydrogen-bond acceptors (Lipinski definition) is 4. The molecule has 0 aromatic heterocycles. The highest BCUT2D eigenvalue weighted by atomic mass is 16.5. The summed E-state index contributed by atoms with van der Waals surface area (Å²) in [7, 11) is 0. The van der Waals surface area contributed by atoms with Crippen molar-refractivity contribution < 1.29 is 19.1 Å². The summed E-state index contributed by atoms with van der Waals surface area (Å²) in [4.78, 5) is 22.3. The Morgan fingerprint density at radius 1 is 0.941 bits per heavy atom. The van der Waals surface area contributed by atoms with Crippen molar-refractivity contribution >= 4 is 11.9 Å². The maximum absolute atomic E-state index is 11.2. The quantitative estimate of drug-likeness (QED) is 0.354. The fourth-order valence-corrected chi connectivity index (χ4v) is 1.09. The van der Waals surface area contributed by atoms with Crippen molar-refractivity contribution in [1.82, 2.24) is 0 Å². The summed E-state index contributed by atoms with van der Waals surface area (Å²) >= 11 is 0. The van der Waals surface area contributed by atoms with Crippen LogP contribution in [0.5, 0.6) is 0 Å². The maximum Gasteiger partial charge on any atom is 0.306 e. The van der Waals surface area contributed by atoms with Crippen LogP contribution in [0.25, 0.3) is 0 Å². The Balaban J connectivity index is 3.46. The van der Waals surface area contributed by atoms with E-state index >= 15 is 0 Å². The molecule has 0 heterocycles. The van der Waals surface area contributed by atoms with E-state index in [0.717, 1.165) is 19.3 Å². The van der Waals surface area contributed by atoms with E-state index in [-0.39, 0.29) is 24.8 Å². The van der Waals surface area contributed by atoms with Crippen LogP contribution in [0.3, 0.4) is 0 Å². The Kier molecular flexibility index (Phi) is 10.3. The van der Waals surface area contributed by atoms with E-state index in [1.807, 2.05) is 26.0 Å². The predicted octanol–water partition coefficient (Wildman–Crippen LogP) is 2.62. The minimum Gasteiger partial charge on any atom is -0.466 e. The van der Waals surface area contributed by atoms with E-state index in [4.69, 9.17) is 9.47 Å². The molecule has 4 nitrogen and oxygen atoms in total. The highest BCUT2D eigenvalue weighted by Gasteiger charge is 2.08. The molecule has 0 aliphatic rings. The lowest BCUT2D eigenvalue weighted by Crippen LogP contribution is -2.11. The van der Waals surface area contributed by atoms with Gasteiger partial charge in [0.2, 0.25) is 0 Å². The first-order valence-electron chi connectivity index (χ1n) is 6.16. The number of allylic oxidation sites excluding steroid dienone is 1. The average Bonchev–Trinajstić information content (AvgIpc) is 2.33. The van der Waals surface area contributed by atoms with Crippen LogP contribution in [0.15, 0.2) is 12.2 Å². The van der Waals surface area contributed by atoms with Gasteiger partial charge in [-0.25, -0.2) is 0 Å². The lowest BCUT2D eigenvalue weighted by molar-refractivity contribution is -0.150. The van der Waals surface area contributed by atoms with Crippen LogP contribution >= 0.6 is 0 Å². The van der Waals surface area contributed by atoms with Gasteiger partial charge in [0, 0.05) is 0 Å². The number of esters is 2. The molecule has 98 valence electrons. The molecule has 0 fully saturated rings. The first-order chi connectivity index (χ1) is 8.20. The Bertz CT molecular complexity index is 246. The Labute approximate surface area is 103 Å². The van der Waals surface area contributed by atoms with Gasteiger partial charge in [-0.05, 0) is 19.3 Å². The number of carbonyl (C=O) groups excluding carboxylic acids is 2. The summed E-state index contributed by atoms with van der Waals surface area (Å²) in [5.41, 5.74) is 0. The van der Waals surface area contributed by atoms with Gasteiger partial charge in [0.1, 0.15) is 0 Å². The number of rotatable bonds is 9. The molecule has 0 atom stereocenters. The van der Waals surface area contributed by atoms with Crippen molar-refractivity contribution in [1.29, 1.82) is 0 Å². The van der Waals surface area contributed by atoms with Crippen molar-refractivity contribution in [2.45, 2.75) is 46.0 Å². The molecule has 0 spiro atoms. The number of carbonyl (C=O) groups is 2. The van der Waals surface area contributed by atoms with Crippen LogP contribution in [0.2, 0.25) is 0 Å². The molecule has 0 aliphatic heterocycles. The minimum absolute atomic E-state index is 0.0973. The van der Waals surface area contributed by atoms with E-state index in [0.29, 0.717) is 13.2 Å². The smallest absolute Gasteiger partial charge is 0.306 e. The molecule has 0 unspecified atom stereocenters. The molecule has 0 N–H and O–H groups in total. The molecule has 0 bridgehead atoms. The van der Waals surface area contributed by atoms with Gasteiger partial charge in [-0.2, -0.15) is 0 Å². The molecule has 4 heteroatoms. The van der Waals surface area contributed by atoms with Crippen molar-refractivity contribution in [2.75, 3.05) is 13.2 Å². The third-order valence-corrected chi connectivity index (χ3v) is 1.95. The summed E-state index contributed by atoms with van der Waals surface area (Å²) in [6.45, 7) is 4.75. The molecule has 0 rings (SSSR count). The van der Waals surface area contributed by atoms with Gasteiger partial charge in [-0.1, -0.05) is 26.0 Å².